The Labute approximate surface area is 96.9 Å². The predicted octanol–water partition coefficient (Wildman–Crippen LogP) is 3.46. The van der Waals surface area contributed by atoms with Crippen LogP contribution in [0.25, 0.3) is 0 Å². The Balaban J connectivity index is 1.62. The molecule has 1 nitrogen and oxygen atoms in total. The highest BCUT2D eigenvalue weighted by Crippen LogP contribution is 2.33. The molecule has 0 aliphatic heterocycles. The summed E-state index contributed by atoms with van der Waals surface area (Å²) >= 11 is 1.87. The van der Waals surface area contributed by atoms with Gasteiger partial charge in [0.15, 0.2) is 0 Å². The highest BCUT2D eigenvalue weighted by Gasteiger charge is 2.24. The monoisotopic (exact) mass is 223 g/mol. The summed E-state index contributed by atoms with van der Waals surface area (Å²) in [4.78, 5) is 1.50. The van der Waals surface area contributed by atoms with Gasteiger partial charge in [0.2, 0.25) is 0 Å². The first kappa shape index (κ1) is 11.2. The lowest BCUT2D eigenvalue weighted by Crippen LogP contribution is -2.30. The van der Waals surface area contributed by atoms with Crippen LogP contribution in [0.2, 0.25) is 0 Å². The summed E-state index contributed by atoms with van der Waals surface area (Å²) in [5.41, 5.74) is 0. The fourth-order valence-electron chi connectivity index (χ4n) is 2.00. The first-order chi connectivity index (χ1) is 7.38. The second-order valence-corrected chi connectivity index (χ2v) is 5.60. The molecule has 1 aliphatic carbocycles. The van der Waals surface area contributed by atoms with E-state index in [-0.39, 0.29) is 0 Å². The molecule has 1 saturated carbocycles. The van der Waals surface area contributed by atoms with E-state index in [1.54, 1.807) is 0 Å². The van der Waals surface area contributed by atoms with Crippen LogP contribution >= 0.6 is 11.3 Å². The van der Waals surface area contributed by atoms with Gasteiger partial charge in [0, 0.05) is 17.5 Å². The summed E-state index contributed by atoms with van der Waals surface area (Å²) in [6, 6.07) is 5.13. The SMILES string of the molecule is CCC(CC1CC1)NCCc1cccs1. The molecule has 0 bridgehead atoms. The number of rotatable bonds is 7. The van der Waals surface area contributed by atoms with Crippen LogP contribution in [-0.2, 0) is 6.42 Å². The van der Waals surface area contributed by atoms with E-state index < -0.39 is 0 Å². The van der Waals surface area contributed by atoms with Crippen LogP contribution in [0.5, 0.6) is 0 Å². The molecule has 2 rings (SSSR count). The molecule has 1 unspecified atom stereocenters. The van der Waals surface area contributed by atoms with E-state index in [2.05, 4.69) is 29.8 Å². The van der Waals surface area contributed by atoms with E-state index in [9.17, 15) is 0 Å². The van der Waals surface area contributed by atoms with Gasteiger partial charge in [0.05, 0.1) is 0 Å². The van der Waals surface area contributed by atoms with E-state index >= 15 is 0 Å². The Morgan fingerprint density at radius 3 is 3.00 bits per heavy atom. The van der Waals surface area contributed by atoms with Crippen LogP contribution in [-0.4, -0.2) is 12.6 Å². The van der Waals surface area contributed by atoms with Crippen LogP contribution in [0.3, 0.4) is 0 Å². The lowest BCUT2D eigenvalue weighted by Gasteiger charge is -2.16. The number of thiophene rings is 1. The zero-order valence-corrected chi connectivity index (χ0v) is 10.4. The highest BCUT2D eigenvalue weighted by atomic mass is 32.1. The summed E-state index contributed by atoms with van der Waals surface area (Å²) in [6.45, 7) is 3.44. The fourth-order valence-corrected chi connectivity index (χ4v) is 2.71. The van der Waals surface area contributed by atoms with Crippen LogP contribution in [0, 0.1) is 5.92 Å². The number of hydrogen-bond donors (Lipinski definition) is 1. The van der Waals surface area contributed by atoms with Crippen LogP contribution < -0.4 is 5.32 Å². The van der Waals surface area contributed by atoms with Crippen molar-refractivity contribution >= 4 is 11.3 Å². The minimum Gasteiger partial charge on any atom is -0.314 e. The van der Waals surface area contributed by atoms with Crippen molar-refractivity contribution in [3.63, 3.8) is 0 Å². The Morgan fingerprint density at radius 1 is 1.53 bits per heavy atom. The largest absolute Gasteiger partial charge is 0.314 e. The molecule has 1 aliphatic rings. The maximum absolute atomic E-state index is 3.69. The highest BCUT2D eigenvalue weighted by molar-refractivity contribution is 7.09. The maximum Gasteiger partial charge on any atom is 0.00672 e. The van der Waals surface area contributed by atoms with Gasteiger partial charge in [0.25, 0.3) is 0 Å². The molecule has 2 heteroatoms. The number of hydrogen-bond acceptors (Lipinski definition) is 2. The van der Waals surface area contributed by atoms with Crippen molar-refractivity contribution < 1.29 is 0 Å². The second-order valence-electron chi connectivity index (χ2n) is 4.57. The fraction of sp³-hybridized carbons (Fsp3) is 0.692. The standard InChI is InChI=1S/C13H21NS/c1-2-12(10-11-5-6-11)14-8-7-13-4-3-9-15-13/h3-4,9,11-12,14H,2,5-8,10H2,1H3. The van der Waals surface area contributed by atoms with Gasteiger partial charge in [-0.3, -0.25) is 0 Å². The van der Waals surface area contributed by atoms with Crippen molar-refractivity contribution in [2.24, 2.45) is 5.92 Å². The molecule has 15 heavy (non-hydrogen) atoms. The third-order valence-corrected chi connectivity index (χ3v) is 4.13. The van der Waals surface area contributed by atoms with E-state index in [0.717, 1.165) is 18.5 Å². The van der Waals surface area contributed by atoms with Gasteiger partial charge < -0.3 is 5.32 Å². The summed E-state index contributed by atoms with van der Waals surface area (Å²) in [5.74, 6) is 1.05. The van der Waals surface area contributed by atoms with Gasteiger partial charge in [0.1, 0.15) is 0 Å². The van der Waals surface area contributed by atoms with Crippen molar-refractivity contribution in [2.75, 3.05) is 6.54 Å². The van der Waals surface area contributed by atoms with E-state index in [0.29, 0.717) is 0 Å². The quantitative estimate of drug-likeness (QED) is 0.746. The molecule has 0 aromatic carbocycles. The second kappa shape index (κ2) is 5.66. The molecule has 84 valence electrons. The van der Waals surface area contributed by atoms with E-state index in [4.69, 9.17) is 0 Å². The molecule has 1 aromatic heterocycles. The zero-order chi connectivity index (χ0) is 10.5. The Kier molecular flexibility index (Phi) is 4.21. The van der Waals surface area contributed by atoms with Gasteiger partial charge in [-0.2, -0.15) is 0 Å². The van der Waals surface area contributed by atoms with Crippen molar-refractivity contribution in [3.05, 3.63) is 22.4 Å². The minimum absolute atomic E-state index is 0.762. The van der Waals surface area contributed by atoms with Gasteiger partial charge in [-0.25, -0.2) is 0 Å². The Bertz CT molecular complexity index is 264. The molecule has 1 aromatic rings. The zero-order valence-electron chi connectivity index (χ0n) is 9.54. The molecule has 1 heterocycles. The van der Waals surface area contributed by atoms with Gasteiger partial charge in [-0.1, -0.05) is 25.8 Å². The lowest BCUT2D eigenvalue weighted by molar-refractivity contribution is 0.449. The summed E-state index contributed by atoms with van der Waals surface area (Å²) in [6.07, 6.45) is 6.83. The van der Waals surface area contributed by atoms with Crippen molar-refractivity contribution in [3.8, 4) is 0 Å². The van der Waals surface area contributed by atoms with Crippen LogP contribution in [0.1, 0.15) is 37.5 Å². The molecule has 0 saturated heterocycles. The van der Waals surface area contributed by atoms with Gasteiger partial charge >= 0.3 is 0 Å². The molecule has 0 spiro atoms. The predicted molar refractivity (Wildman–Crippen MR) is 67.4 cm³/mol. The number of nitrogens with one attached hydrogen (secondary N) is 1. The minimum atomic E-state index is 0.762. The molecule has 1 atom stereocenters. The first-order valence-electron chi connectivity index (χ1n) is 6.14. The molecule has 1 fully saturated rings. The molecular weight excluding hydrogens is 202 g/mol. The van der Waals surface area contributed by atoms with Crippen LogP contribution in [0.4, 0.5) is 0 Å². The van der Waals surface area contributed by atoms with E-state index in [1.807, 2.05) is 11.3 Å². The molecule has 0 radical (unpaired) electrons. The summed E-state index contributed by atoms with van der Waals surface area (Å²) in [5, 5.41) is 5.85. The van der Waals surface area contributed by atoms with Crippen molar-refractivity contribution in [2.45, 2.75) is 45.1 Å². The normalized spacial score (nSPS) is 17.9. The first-order valence-corrected chi connectivity index (χ1v) is 7.02. The Morgan fingerprint density at radius 2 is 2.40 bits per heavy atom. The maximum atomic E-state index is 3.69. The average molecular weight is 223 g/mol. The molecular formula is C13H21NS. The summed E-state index contributed by atoms with van der Waals surface area (Å²) < 4.78 is 0. The van der Waals surface area contributed by atoms with Crippen LogP contribution in [0.15, 0.2) is 17.5 Å². The third kappa shape index (κ3) is 3.96. The van der Waals surface area contributed by atoms with Crippen molar-refractivity contribution in [1.82, 2.24) is 5.32 Å². The third-order valence-electron chi connectivity index (χ3n) is 3.19. The van der Waals surface area contributed by atoms with E-state index in [1.165, 1.54) is 37.0 Å². The summed E-state index contributed by atoms with van der Waals surface area (Å²) in [7, 11) is 0. The average Bonchev–Trinajstić information content (AvgIpc) is 2.91. The topological polar surface area (TPSA) is 12.0 Å². The van der Waals surface area contributed by atoms with Gasteiger partial charge in [-0.15, -0.1) is 11.3 Å². The smallest absolute Gasteiger partial charge is 0.00672 e. The van der Waals surface area contributed by atoms with Crippen molar-refractivity contribution in [1.29, 1.82) is 0 Å². The lowest BCUT2D eigenvalue weighted by atomic mass is 10.1. The Hall–Kier alpha value is -0.340. The molecule has 0 amide bonds. The van der Waals surface area contributed by atoms with Gasteiger partial charge in [-0.05, 0) is 36.6 Å². The molecule has 1 N–H and O–H groups in total.